The first-order valence-corrected chi connectivity index (χ1v) is 16.7. The van der Waals surface area contributed by atoms with Crippen LogP contribution in [-0.4, -0.2) is 7.05 Å². The summed E-state index contributed by atoms with van der Waals surface area (Å²) in [6.45, 7) is 0. The summed E-state index contributed by atoms with van der Waals surface area (Å²) in [5.41, 5.74) is 16.9. The van der Waals surface area contributed by atoms with Gasteiger partial charge in [0.25, 0.3) is 0 Å². The van der Waals surface area contributed by atoms with Crippen molar-refractivity contribution >= 4 is 17.1 Å². The van der Waals surface area contributed by atoms with E-state index >= 15 is 0 Å². The Kier molecular flexibility index (Phi) is 5.03. The van der Waals surface area contributed by atoms with Gasteiger partial charge in [0, 0.05) is 34.9 Å². The molecule has 48 heavy (non-hydrogen) atoms. The summed E-state index contributed by atoms with van der Waals surface area (Å²) in [7, 11) is 2.22. The summed E-state index contributed by atoms with van der Waals surface area (Å²) in [4.78, 5) is 4.92. The third kappa shape index (κ3) is 3.09. The van der Waals surface area contributed by atoms with E-state index in [0.29, 0.717) is 0 Å². The lowest BCUT2D eigenvalue weighted by Crippen LogP contribution is -2.33. The van der Waals surface area contributed by atoms with Crippen LogP contribution in [0.1, 0.15) is 34.0 Å². The van der Waals surface area contributed by atoms with Crippen molar-refractivity contribution in [3.63, 3.8) is 0 Å². The lowest BCUT2D eigenvalue weighted by molar-refractivity contribution is 0.438. The van der Waals surface area contributed by atoms with Gasteiger partial charge in [0.15, 0.2) is 0 Å². The highest BCUT2D eigenvalue weighted by Crippen LogP contribution is 2.63. The van der Waals surface area contributed by atoms with E-state index in [1.165, 1.54) is 67.1 Å². The normalized spacial score (nSPS) is 16.5. The van der Waals surface area contributed by atoms with Crippen molar-refractivity contribution in [2.24, 2.45) is 0 Å². The highest BCUT2D eigenvalue weighted by Gasteiger charge is 2.51. The zero-order chi connectivity index (χ0) is 31.6. The molecule has 0 saturated heterocycles. The van der Waals surface area contributed by atoms with Crippen LogP contribution in [0.5, 0.6) is 11.5 Å². The number of fused-ring (bicyclic) bond motifs is 17. The Labute approximate surface area is 279 Å². The zero-order valence-corrected chi connectivity index (χ0v) is 26.4. The van der Waals surface area contributed by atoms with Crippen molar-refractivity contribution in [1.82, 2.24) is 0 Å². The molecule has 0 aromatic heterocycles. The van der Waals surface area contributed by atoms with E-state index in [2.05, 4.69) is 175 Å². The Hall–Kier alpha value is -6.06. The lowest BCUT2D eigenvalue weighted by atomic mass is 9.65. The second-order valence-corrected chi connectivity index (χ2v) is 13.3. The van der Waals surface area contributed by atoms with Crippen LogP contribution in [0, 0.1) is 0 Å². The number of rotatable bonds is 1. The van der Waals surface area contributed by atoms with Gasteiger partial charge in [-0.3, -0.25) is 0 Å². The Morgan fingerprint density at radius 2 is 1.06 bits per heavy atom. The molecule has 1 unspecified atom stereocenters. The number of anilines is 3. The maximum absolute atomic E-state index is 7.02. The molecule has 1 aliphatic carbocycles. The molecule has 3 heterocycles. The molecule has 0 amide bonds. The topological polar surface area (TPSA) is 15.7 Å². The third-order valence-corrected chi connectivity index (χ3v) is 11.1. The number of benzene rings is 7. The van der Waals surface area contributed by atoms with Gasteiger partial charge in [-0.1, -0.05) is 127 Å². The van der Waals surface area contributed by atoms with Gasteiger partial charge in [-0.25, -0.2) is 0 Å². The van der Waals surface area contributed by atoms with E-state index in [9.17, 15) is 0 Å². The Morgan fingerprint density at radius 3 is 1.83 bits per heavy atom. The minimum atomic E-state index is -0.482. The van der Waals surface area contributed by atoms with E-state index in [-0.39, 0.29) is 6.17 Å². The summed E-state index contributed by atoms with van der Waals surface area (Å²) in [6, 6.07) is 57.8. The zero-order valence-electron chi connectivity index (χ0n) is 26.4. The van der Waals surface area contributed by atoms with Crippen LogP contribution in [-0.2, 0) is 5.41 Å². The number of hydrogen-bond acceptors (Lipinski definition) is 3. The second-order valence-electron chi connectivity index (χ2n) is 13.3. The molecule has 7 aromatic rings. The van der Waals surface area contributed by atoms with E-state index in [4.69, 9.17) is 4.74 Å². The van der Waals surface area contributed by atoms with E-state index < -0.39 is 5.41 Å². The number of hydrogen-bond donors (Lipinski definition) is 0. The van der Waals surface area contributed by atoms with Gasteiger partial charge in [0.2, 0.25) is 0 Å². The minimum Gasteiger partial charge on any atom is -0.456 e. The maximum Gasteiger partial charge on any atom is 0.140 e. The molecule has 3 heteroatoms. The quantitative estimate of drug-likeness (QED) is 0.183. The molecule has 0 N–H and O–H groups in total. The predicted octanol–water partition coefficient (Wildman–Crippen LogP) is 11.1. The van der Waals surface area contributed by atoms with Crippen molar-refractivity contribution in [3.8, 4) is 44.9 Å². The van der Waals surface area contributed by atoms with E-state index in [0.717, 1.165) is 22.6 Å². The van der Waals surface area contributed by atoms with Crippen molar-refractivity contribution < 1.29 is 4.74 Å². The van der Waals surface area contributed by atoms with Gasteiger partial charge in [-0.2, -0.15) is 0 Å². The van der Waals surface area contributed by atoms with Crippen LogP contribution in [0.2, 0.25) is 0 Å². The smallest absolute Gasteiger partial charge is 0.140 e. The first kappa shape index (κ1) is 26.1. The molecule has 4 aliphatic rings. The highest BCUT2D eigenvalue weighted by atomic mass is 16.5. The first-order valence-electron chi connectivity index (χ1n) is 16.7. The third-order valence-electron chi connectivity index (χ3n) is 11.1. The summed E-state index contributed by atoms with van der Waals surface area (Å²) >= 11 is 0. The molecule has 3 nitrogen and oxygen atoms in total. The molecular weight excluding hydrogens is 585 g/mol. The largest absolute Gasteiger partial charge is 0.456 e. The average Bonchev–Trinajstić information content (AvgIpc) is 3.62. The molecule has 0 radical (unpaired) electrons. The molecule has 1 atom stereocenters. The van der Waals surface area contributed by atoms with E-state index in [1.807, 2.05) is 0 Å². The maximum atomic E-state index is 7.02. The molecule has 7 aromatic carbocycles. The van der Waals surface area contributed by atoms with Crippen molar-refractivity contribution in [1.29, 1.82) is 0 Å². The fourth-order valence-electron chi connectivity index (χ4n) is 9.22. The molecule has 11 rings (SSSR count). The van der Waals surface area contributed by atoms with Gasteiger partial charge in [-0.05, 0) is 63.7 Å². The average molecular weight is 615 g/mol. The van der Waals surface area contributed by atoms with Crippen LogP contribution in [0.25, 0.3) is 33.4 Å². The second kappa shape index (κ2) is 9.27. The van der Waals surface area contributed by atoms with Crippen LogP contribution < -0.4 is 14.5 Å². The van der Waals surface area contributed by atoms with Crippen molar-refractivity contribution in [2.75, 3.05) is 16.8 Å². The highest BCUT2D eigenvalue weighted by molar-refractivity contribution is 5.96. The SMILES string of the molecule is CN1c2ccccc2N2c3ccccc3-c3ccc(-c4cccc5c4Oc4ccccc4C54c5ccccc5-c5ccccc54)cc3C12. The van der Waals surface area contributed by atoms with Gasteiger partial charge in [0.05, 0.1) is 22.5 Å². The van der Waals surface area contributed by atoms with Crippen LogP contribution in [0.15, 0.2) is 158 Å². The van der Waals surface area contributed by atoms with Crippen LogP contribution in [0.4, 0.5) is 17.1 Å². The fourth-order valence-corrected chi connectivity index (χ4v) is 9.22. The summed E-state index contributed by atoms with van der Waals surface area (Å²) in [5.74, 6) is 1.84. The van der Waals surface area contributed by atoms with Crippen molar-refractivity contribution in [3.05, 3.63) is 186 Å². The molecule has 3 aliphatic heterocycles. The lowest BCUT2D eigenvalue weighted by Gasteiger charge is -2.40. The van der Waals surface area contributed by atoms with Crippen LogP contribution >= 0.6 is 0 Å². The molecule has 226 valence electrons. The minimum absolute atomic E-state index is 0.0494. The summed E-state index contributed by atoms with van der Waals surface area (Å²) in [6.07, 6.45) is 0.0494. The molecule has 0 bridgehead atoms. The summed E-state index contributed by atoms with van der Waals surface area (Å²) < 4.78 is 7.02. The first-order chi connectivity index (χ1) is 23.7. The van der Waals surface area contributed by atoms with Gasteiger partial charge in [0.1, 0.15) is 17.7 Å². The number of ether oxygens (including phenoxy) is 1. The summed E-state index contributed by atoms with van der Waals surface area (Å²) in [5, 5.41) is 0. The molecule has 1 spiro atoms. The number of nitrogens with zero attached hydrogens (tertiary/aromatic N) is 2. The standard InChI is InChI=1S/C45H30N2O/c1-46-40-22-9-10-23-41(40)47-39-21-8-4-15-33(39)30-26-25-28(27-34(30)44(46)47)29-16-12-20-38-43(29)48-42-24-11-7-19-37(42)45(38)35-17-5-2-13-31(35)32-14-3-6-18-36(32)45/h2-27,44H,1H3. The van der Waals surface area contributed by atoms with Crippen molar-refractivity contribution in [2.45, 2.75) is 11.6 Å². The number of para-hydroxylation sites is 5. The van der Waals surface area contributed by atoms with Gasteiger partial charge < -0.3 is 14.5 Å². The van der Waals surface area contributed by atoms with Crippen LogP contribution in [0.3, 0.4) is 0 Å². The molecular formula is C45H30N2O. The molecule has 0 fully saturated rings. The Balaban J connectivity index is 1.17. The molecule has 0 saturated carbocycles. The fraction of sp³-hybridized carbons (Fsp3) is 0.0667. The van der Waals surface area contributed by atoms with Gasteiger partial charge >= 0.3 is 0 Å². The monoisotopic (exact) mass is 614 g/mol. The predicted molar refractivity (Wildman–Crippen MR) is 194 cm³/mol. The van der Waals surface area contributed by atoms with Gasteiger partial charge in [-0.15, -0.1) is 0 Å². The van der Waals surface area contributed by atoms with E-state index in [1.54, 1.807) is 0 Å². The Bertz CT molecular complexity index is 2450. The Morgan fingerprint density at radius 1 is 0.479 bits per heavy atom.